The molecule has 7 nitrogen and oxygen atoms in total. The minimum absolute atomic E-state index is 0.0138. The standard InChI is InChI=1S/C25H26N2O5S/c1-18-10-11-20-7-4-5-9-23(20)27(18)24(28)17-32-25(29)14-15-26-33(30,31)22-13-12-19-6-2-3-8-21(19)16-22/h2-9,12-13,16,18,26H,10-11,14-15,17H2,1H3. The molecule has 3 aromatic rings. The van der Waals surface area contributed by atoms with Crippen molar-refractivity contribution in [1.29, 1.82) is 0 Å². The molecule has 1 amide bonds. The summed E-state index contributed by atoms with van der Waals surface area (Å²) in [6.45, 7) is 1.47. The first-order valence-corrected chi connectivity index (χ1v) is 12.4. The molecular weight excluding hydrogens is 440 g/mol. The highest BCUT2D eigenvalue weighted by Crippen LogP contribution is 2.30. The fourth-order valence-corrected chi connectivity index (χ4v) is 5.12. The SMILES string of the molecule is CC1CCc2ccccc2N1C(=O)COC(=O)CCNS(=O)(=O)c1ccc2ccccc2c1. The molecule has 1 heterocycles. The molecule has 0 bridgehead atoms. The molecule has 1 aliphatic rings. The van der Waals surface area contributed by atoms with Crippen molar-refractivity contribution >= 4 is 38.4 Å². The smallest absolute Gasteiger partial charge is 0.307 e. The van der Waals surface area contributed by atoms with Crippen LogP contribution < -0.4 is 9.62 Å². The number of nitrogens with one attached hydrogen (secondary N) is 1. The molecule has 1 unspecified atom stereocenters. The Morgan fingerprint density at radius 2 is 1.76 bits per heavy atom. The van der Waals surface area contributed by atoms with Gasteiger partial charge in [0.1, 0.15) is 0 Å². The molecule has 1 atom stereocenters. The van der Waals surface area contributed by atoms with Gasteiger partial charge in [0.25, 0.3) is 5.91 Å². The maximum absolute atomic E-state index is 12.7. The molecule has 3 aromatic carbocycles. The number of carbonyl (C=O) groups is 2. The summed E-state index contributed by atoms with van der Waals surface area (Å²) in [4.78, 5) is 26.7. The van der Waals surface area contributed by atoms with E-state index in [4.69, 9.17) is 4.74 Å². The van der Waals surface area contributed by atoms with Gasteiger partial charge in [0, 0.05) is 18.3 Å². The van der Waals surface area contributed by atoms with Crippen molar-refractivity contribution < 1.29 is 22.7 Å². The maximum Gasteiger partial charge on any atom is 0.307 e. The zero-order valence-electron chi connectivity index (χ0n) is 18.4. The van der Waals surface area contributed by atoms with E-state index in [1.165, 1.54) is 6.07 Å². The van der Waals surface area contributed by atoms with Crippen molar-refractivity contribution in [2.24, 2.45) is 0 Å². The zero-order valence-corrected chi connectivity index (χ0v) is 19.2. The monoisotopic (exact) mass is 466 g/mol. The van der Waals surface area contributed by atoms with Crippen LogP contribution in [-0.4, -0.2) is 39.5 Å². The summed E-state index contributed by atoms with van der Waals surface area (Å²) >= 11 is 0. The Morgan fingerprint density at radius 3 is 2.58 bits per heavy atom. The van der Waals surface area contributed by atoms with Crippen LogP contribution >= 0.6 is 0 Å². The lowest BCUT2D eigenvalue weighted by Crippen LogP contribution is -2.44. The van der Waals surface area contributed by atoms with Crippen LogP contribution in [0.1, 0.15) is 25.3 Å². The Hall–Kier alpha value is -3.23. The average Bonchev–Trinajstić information content (AvgIpc) is 2.82. The summed E-state index contributed by atoms with van der Waals surface area (Å²) in [6.07, 6.45) is 1.57. The molecular formula is C25H26N2O5S. The van der Waals surface area contributed by atoms with Gasteiger partial charge in [-0.25, -0.2) is 13.1 Å². The van der Waals surface area contributed by atoms with Crippen LogP contribution in [-0.2, 0) is 30.8 Å². The largest absolute Gasteiger partial charge is 0.456 e. The van der Waals surface area contributed by atoms with Crippen LogP contribution in [0.5, 0.6) is 0 Å². The minimum Gasteiger partial charge on any atom is -0.456 e. The average molecular weight is 467 g/mol. The third-order valence-electron chi connectivity index (χ3n) is 5.80. The number of fused-ring (bicyclic) bond motifs is 2. The molecule has 0 saturated heterocycles. The number of amides is 1. The number of nitrogens with zero attached hydrogens (tertiary/aromatic N) is 1. The number of esters is 1. The molecule has 0 aliphatic carbocycles. The van der Waals surface area contributed by atoms with E-state index in [-0.39, 0.29) is 36.4 Å². The second kappa shape index (κ2) is 9.72. The van der Waals surface area contributed by atoms with Crippen molar-refractivity contribution in [3.8, 4) is 0 Å². The third kappa shape index (κ3) is 5.23. The highest BCUT2D eigenvalue weighted by atomic mass is 32.2. The van der Waals surface area contributed by atoms with Gasteiger partial charge in [-0.2, -0.15) is 0 Å². The van der Waals surface area contributed by atoms with Crippen molar-refractivity contribution in [2.75, 3.05) is 18.1 Å². The molecule has 0 radical (unpaired) electrons. The number of carbonyl (C=O) groups excluding carboxylic acids is 2. The van der Waals surface area contributed by atoms with Crippen molar-refractivity contribution in [3.63, 3.8) is 0 Å². The van der Waals surface area contributed by atoms with Crippen molar-refractivity contribution in [1.82, 2.24) is 4.72 Å². The molecule has 1 aliphatic heterocycles. The van der Waals surface area contributed by atoms with Crippen molar-refractivity contribution in [3.05, 3.63) is 72.3 Å². The van der Waals surface area contributed by atoms with Gasteiger partial charge in [0.15, 0.2) is 6.61 Å². The van der Waals surface area contributed by atoms with Gasteiger partial charge in [-0.15, -0.1) is 0 Å². The molecule has 0 aromatic heterocycles. The summed E-state index contributed by atoms with van der Waals surface area (Å²) < 4.78 is 32.7. The summed E-state index contributed by atoms with van der Waals surface area (Å²) in [6, 6.07) is 20.0. The van der Waals surface area contributed by atoms with Gasteiger partial charge in [-0.1, -0.05) is 48.5 Å². The lowest BCUT2D eigenvalue weighted by molar-refractivity contribution is -0.147. The van der Waals surface area contributed by atoms with Gasteiger partial charge >= 0.3 is 5.97 Å². The first-order valence-electron chi connectivity index (χ1n) is 10.9. The van der Waals surface area contributed by atoms with E-state index in [2.05, 4.69) is 4.72 Å². The number of sulfonamides is 1. The zero-order chi connectivity index (χ0) is 23.4. The quantitative estimate of drug-likeness (QED) is 0.539. The van der Waals surface area contributed by atoms with Crippen molar-refractivity contribution in [2.45, 2.75) is 37.1 Å². The van der Waals surface area contributed by atoms with Gasteiger partial charge in [0.2, 0.25) is 10.0 Å². The molecule has 0 saturated carbocycles. The molecule has 33 heavy (non-hydrogen) atoms. The Bertz CT molecular complexity index is 1290. The first-order chi connectivity index (χ1) is 15.8. The molecule has 0 fully saturated rings. The minimum atomic E-state index is -3.77. The third-order valence-corrected chi connectivity index (χ3v) is 7.26. The van der Waals surface area contributed by atoms with Crippen LogP contribution in [0.15, 0.2) is 71.6 Å². The van der Waals surface area contributed by atoms with E-state index in [1.807, 2.05) is 55.5 Å². The normalized spacial score (nSPS) is 15.8. The van der Waals surface area contributed by atoms with Crippen LogP contribution in [0, 0.1) is 0 Å². The topological polar surface area (TPSA) is 92.8 Å². The second-order valence-corrected chi connectivity index (χ2v) is 9.86. The Balaban J connectivity index is 1.29. The second-order valence-electron chi connectivity index (χ2n) is 8.10. The number of ether oxygens (including phenoxy) is 1. The number of rotatable bonds is 7. The van der Waals surface area contributed by atoms with Gasteiger partial charge in [-0.05, 0) is 54.3 Å². The Morgan fingerprint density at radius 1 is 1.03 bits per heavy atom. The number of anilines is 1. The lowest BCUT2D eigenvalue weighted by atomic mass is 9.96. The van der Waals surface area contributed by atoms with Gasteiger partial charge in [0.05, 0.1) is 11.3 Å². The van der Waals surface area contributed by atoms with Gasteiger partial charge in [-0.3, -0.25) is 9.59 Å². The predicted molar refractivity (Wildman–Crippen MR) is 126 cm³/mol. The summed E-state index contributed by atoms with van der Waals surface area (Å²) in [7, 11) is -3.77. The molecule has 1 N–H and O–H groups in total. The molecule has 172 valence electrons. The Kier molecular flexibility index (Phi) is 6.76. The Labute approximate surface area is 193 Å². The molecule has 8 heteroatoms. The fourth-order valence-electron chi connectivity index (χ4n) is 4.06. The van der Waals surface area contributed by atoms with Crippen LogP contribution in [0.4, 0.5) is 5.69 Å². The van der Waals surface area contributed by atoms with Gasteiger partial charge < -0.3 is 9.64 Å². The molecule has 0 spiro atoms. The first kappa shape index (κ1) is 22.9. The summed E-state index contributed by atoms with van der Waals surface area (Å²) in [5.41, 5.74) is 1.94. The van der Waals surface area contributed by atoms with E-state index < -0.39 is 16.0 Å². The summed E-state index contributed by atoms with van der Waals surface area (Å²) in [5, 5.41) is 1.75. The number of aryl methyl sites for hydroxylation is 1. The fraction of sp³-hybridized carbons (Fsp3) is 0.280. The lowest BCUT2D eigenvalue weighted by Gasteiger charge is -2.35. The van der Waals surface area contributed by atoms with E-state index >= 15 is 0 Å². The van der Waals surface area contributed by atoms with E-state index in [0.717, 1.165) is 34.9 Å². The summed E-state index contributed by atoms with van der Waals surface area (Å²) in [5.74, 6) is -0.928. The number of hydrogen-bond acceptors (Lipinski definition) is 5. The molecule has 4 rings (SSSR count). The number of benzene rings is 3. The highest BCUT2D eigenvalue weighted by Gasteiger charge is 2.28. The number of para-hydroxylation sites is 1. The van der Waals surface area contributed by atoms with E-state index in [1.54, 1.807) is 17.0 Å². The van der Waals surface area contributed by atoms with Crippen LogP contribution in [0.3, 0.4) is 0 Å². The van der Waals surface area contributed by atoms with E-state index in [0.29, 0.717) is 0 Å². The van der Waals surface area contributed by atoms with E-state index in [9.17, 15) is 18.0 Å². The van der Waals surface area contributed by atoms with Crippen LogP contribution in [0.25, 0.3) is 10.8 Å². The van der Waals surface area contributed by atoms with Crippen LogP contribution in [0.2, 0.25) is 0 Å². The predicted octanol–water partition coefficient (Wildman–Crippen LogP) is 3.42. The maximum atomic E-state index is 12.7. The highest BCUT2D eigenvalue weighted by molar-refractivity contribution is 7.89. The number of hydrogen-bond donors (Lipinski definition) is 1.